The minimum Gasteiger partial charge on any atom is -0.481 e. The molecule has 0 aliphatic rings. The molecule has 150 valence electrons. The summed E-state index contributed by atoms with van der Waals surface area (Å²) in [6, 6.07) is 12.9. The summed E-state index contributed by atoms with van der Waals surface area (Å²) in [6.45, 7) is 2.02. The Bertz CT molecular complexity index is 1030. The first kappa shape index (κ1) is 21.4. The molecular weight excluding hydrogens is 428 g/mol. The number of hydrogen-bond acceptors (Lipinski definition) is 7. The number of carbonyl (C=O) groups excluding carboxylic acids is 2. The zero-order valence-electron chi connectivity index (χ0n) is 15.5. The molecule has 1 amide bonds. The average Bonchev–Trinajstić information content (AvgIpc) is 3.13. The minimum atomic E-state index is -0.976. The van der Waals surface area contributed by atoms with Crippen LogP contribution in [0.25, 0.3) is 10.2 Å². The highest BCUT2D eigenvalue weighted by molar-refractivity contribution is 8.00. The molecule has 2 N–H and O–H groups in total. The number of fused-ring (bicyclic) bond motifs is 1. The third kappa shape index (κ3) is 5.59. The van der Waals surface area contributed by atoms with E-state index in [4.69, 9.17) is 5.11 Å². The van der Waals surface area contributed by atoms with Crippen LogP contribution in [0.5, 0.6) is 0 Å². The SMILES string of the molecule is CCSc1ccc(NC(=O)CSCC(=O)O)c(C(=O)c2nc3ccccc3s2)c1. The normalized spacial score (nSPS) is 10.8. The summed E-state index contributed by atoms with van der Waals surface area (Å²) >= 11 is 3.92. The van der Waals surface area contributed by atoms with Crippen molar-refractivity contribution in [2.24, 2.45) is 0 Å². The van der Waals surface area contributed by atoms with E-state index in [9.17, 15) is 14.4 Å². The van der Waals surface area contributed by atoms with Crippen LogP contribution in [-0.2, 0) is 9.59 Å². The second kappa shape index (κ2) is 9.91. The second-order valence-corrected chi connectivity index (χ2v) is 9.24. The number of thiazole rings is 1. The Balaban J connectivity index is 1.88. The molecule has 0 aliphatic heterocycles. The van der Waals surface area contributed by atoms with Crippen molar-refractivity contribution in [3.05, 3.63) is 53.0 Å². The molecular formula is C20H18N2O4S3. The second-order valence-electron chi connectivity index (χ2n) is 5.89. The van der Waals surface area contributed by atoms with Crippen LogP contribution in [0.15, 0.2) is 47.4 Å². The van der Waals surface area contributed by atoms with Crippen molar-refractivity contribution in [3.8, 4) is 0 Å². The molecule has 3 rings (SSSR count). The van der Waals surface area contributed by atoms with E-state index >= 15 is 0 Å². The predicted octanol–water partition coefficient (Wildman–Crippen LogP) is 4.40. The molecule has 0 saturated carbocycles. The van der Waals surface area contributed by atoms with E-state index in [0.717, 1.165) is 32.6 Å². The number of hydrogen-bond donors (Lipinski definition) is 2. The summed E-state index contributed by atoms with van der Waals surface area (Å²) in [5, 5.41) is 11.8. The number of nitrogens with zero attached hydrogens (tertiary/aromatic N) is 1. The lowest BCUT2D eigenvalue weighted by molar-refractivity contribution is -0.133. The third-order valence-corrected chi connectivity index (χ3v) is 6.60. The van der Waals surface area contributed by atoms with Gasteiger partial charge in [0.25, 0.3) is 0 Å². The molecule has 0 unspecified atom stereocenters. The number of nitrogens with one attached hydrogen (secondary N) is 1. The van der Waals surface area contributed by atoms with Gasteiger partial charge in [-0.2, -0.15) is 0 Å². The lowest BCUT2D eigenvalue weighted by atomic mass is 10.1. The van der Waals surface area contributed by atoms with E-state index in [1.807, 2.05) is 37.3 Å². The van der Waals surface area contributed by atoms with Gasteiger partial charge in [0.15, 0.2) is 5.01 Å². The van der Waals surface area contributed by atoms with Crippen molar-refractivity contribution < 1.29 is 19.5 Å². The van der Waals surface area contributed by atoms with Crippen molar-refractivity contribution in [2.45, 2.75) is 11.8 Å². The fraction of sp³-hybridized carbons (Fsp3) is 0.200. The highest BCUT2D eigenvalue weighted by Crippen LogP contribution is 2.29. The molecule has 3 aromatic rings. The third-order valence-electron chi connectivity index (χ3n) is 3.77. The van der Waals surface area contributed by atoms with Crippen LogP contribution < -0.4 is 5.32 Å². The lowest BCUT2D eigenvalue weighted by Crippen LogP contribution is -2.18. The van der Waals surface area contributed by atoms with E-state index in [2.05, 4.69) is 10.3 Å². The first-order valence-corrected chi connectivity index (χ1v) is 11.7. The molecule has 9 heteroatoms. The van der Waals surface area contributed by atoms with Gasteiger partial charge in [-0.05, 0) is 36.1 Å². The Hall–Kier alpha value is -2.36. The van der Waals surface area contributed by atoms with Crippen molar-refractivity contribution in [2.75, 3.05) is 22.6 Å². The van der Waals surface area contributed by atoms with Crippen LogP contribution in [-0.4, -0.2) is 45.0 Å². The van der Waals surface area contributed by atoms with Crippen molar-refractivity contribution >= 4 is 68.4 Å². The summed E-state index contributed by atoms with van der Waals surface area (Å²) in [7, 11) is 0. The number of anilines is 1. The average molecular weight is 447 g/mol. The van der Waals surface area contributed by atoms with Gasteiger partial charge in [-0.1, -0.05) is 19.1 Å². The molecule has 0 saturated heterocycles. The Morgan fingerprint density at radius 2 is 1.93 bits per heavy atom. The van der Waals surface area contributed by atoms with E-state index in [1.54, 1.807) is 23.9 Å². The van der Waals surface area contributed by atoms with Crippen molar-refractivity contribution in [1.29, 1.82) is 0 Å². The van der Waals surface area contributed by atoms with Crippen LogP contribution in [0.1, 0.15) is 22.3 Å². The maximum absolute atomic E-state index is 13.2. The van der Waals surface area contributed by atoms with Gasteiger partial charge in [0, 0.05) is 10.5 Å². The number of benzene rings is 2. The largest absolute Gasteiger partial charge is 0.481 e. The number of ketones is 1. The minimum absolute atomic E-state index is 0.00741. The Morgan fingerprint density at radius 3 is 2.66 bits per heavy atom. The number of amides is 1. The molecule has 0 bridgehead atoms. The highest BCUT2D eigenvalue weighted by Gasteiger charge is 2.20. The standard InChI is InChI=1S/C20H18N2O4S3/c1-2-28-12-7-8-14(21-17(23)10-27-11-18(24)25)13(9-12)19(26)20-22-15-5-3-4-6-16(15)29-20/h3-9H,2,10-11H2,1H3,(H,21,23)(H,24,25). The molecule has 29 heavy (non-hydrogen) atoms. The summed E-state index contributed by atoms with van der Waals surface area (Å²) in [5.41, 5.74) is 1.53. The first-order valence-electron chi connectivity index (χ1n) is 8.74. The van der Waals surface area contributed by atoms with Gasteiger partial charge in [0.1, 0.15) is 0 Å². The number of carboxylic acid groups (broad SMARTS) is 1. The predicted molar refractivity (Wildman–Crippen MR) is 119 cm³/mol. The van der Waals surface area contributed by atoms with E-state index < -0.39 is 5.97 Å². The summed E-state index contributed by atoms with van der Waals surface area (Å²) in [6.07, 6.45) is 0. The van der Waals surface area contributed by atoms with Gasteiger partial charge in [-0.3, -0.25) is 14.4 Å². The number of carbonyl (C=O) groups is 3. The molecule has 1 heterocycles. The van der Waals surface area contributed by atoms with Crippen LogP contribution >= 0.6 is 34.9 Å². The monoisotopic (exact) mass is 446 g/mol. The van der Waals surface area contributed by atoms with E-state index in [0.29, 0.717) is 16.3 Å². The molecule has 1 aromatic heterocycles. The van der Waals surface area contributed by atoms with Gasteiger partial charge >= 0.3 is 5.97 Å². The van der Waals surface area contributed by atoms with Crippen LogP contribution in [0, 0.1) is 0 Å². The molecule has 6 nitrogen and oxygen atoms in total. The molecule has 0 aliphatic carbocycles. The smallest absolute Gasteiger partial charge is 0.313 e. The van der Waals surface area contributed by atoms with Gasteiger partial charge in [-0.15, -0.1) is 34.9 Å². The fourth-order valence-electron chi connectivity index (χ4n) is 2.58. The van der Waals surface area contributed by atoms with Gasteiger partial charge in [0.05, 0.1) is 27.4 Å². The number of thioether (sulfide) groups is 2. The van der Waals surface area contributed by atoms with Crippen LogP contribution in [0.3, 0.4) is 0 Å². The van der Waals surface area contributed by atoms with Crippen LogP contribution in [0.2, 0.25) is 0 Å². The van der Waals surface area contributed by atoms with Crippen molar-refractivity contribution in [3.63, 3.8) is 0 Å². The number of aromatic nitrogens is 1. The number of rotatable bonds is 9. The maximum Gasteiger partial charge on any atom is 0.313 e. The van der Waals surface area contributed by atoms with Gasteiger partial charge < -0.3 is 10.4 Å². The highest BCUT2D eigenvalue weighted by atomic mass is 32.2. The zero-order chi connectivity index (χ0) is 20.8. The first-order chi connectivity index (χ1) is 14.0. The topological polar surface area (TPSA) is 96.4 Å². The Kier molecular flexibility index (Phi) is 7.29. The van der Waals surface area contributed by atoms with Crippen molar-refractivity contribution in [1.82, 2.24) is 4.98 Å². The lowest BCUT2D eigenvalue weighted by Gasteiger charge is -2.11. The number of aliphatic carboxylic acids is 1. The summed E-state index contributed by atoms with van der Waals surface area (Å²) in [4.78, 5) is 41.4. The van der Waals surface area contributed by atoms with E-state index in [1.165, 1.54) is 11.3 Å². The zero-order valence-corrected chi connectivity index (χ0v) is 18.0. The molecule has 2 aromatic carbocycles. The number of para-hydroxylation sites is 1. The number of carboxylic acids is 1. The molecule has 0 spiro atoms. The van der Waals surface area contributed by atoms with Gasteiger partial charge in [-0.25, -0.2) is 4.98 Å². The van der Waals surface area contributed by atoms with E-state index in [-0.39, 0.29) is 23.2 Å². The quantitative estimate of drug-likeness (QED) is 0.371. The van der Waals surface area contributed by atoms with Crippen LogP contribution in [0.4, 0.5) is 5.69 Å². The molecule has 0 atom stereocenters. The Morgan fingerprint density at radius 1 is 1.14 bits per heavy atom. The Labute approximate surface area is 180 Å². The maximum atomic E-state index is 13.2. The van der Waals surface area contributed by atoms with Gasteiger partial charge in [0.2, 0.25) is 11.7 Å². The molecule has 0 fully saturated rings. The molecule has 0 radical (unpaired) electrons. The fourth-order valence-corrected chi connectivity index (χ4v) is 4.73. The summed E-state index contributed by atoms with van der Waals surface area (Å²) in [5.74, 6) is -0.894. The summed E-state index contributed by atoms with van der Waals surface area (Å²) < 4.78 is 0.922.